The Balaban J connectivity index is 2.44. The van der Waals surface area contributed by atoms with Crippen molar-refractivity contribution in [3.8, 4) is 0 Å². The van der Waals surface area contributed by atoms with E-state index in [0.717, 1.165) is 6.42 Å². The Morgan fingerprint density at radius 3 is 2.88 bits per heavy atom. The van der Waals surface area contributed by atoms with Crippen molar-refractivity contribution in [3.63, 3.8) is 0 Å². The number of carbonyl (C=O) groups is 1. The Morgan fingerprint density at radius 2 is 2.19 bits per heavy atom. The van der Waals surface area contributed by atoms with Gasteiger partial charge in [-0.3, -0.25) is 0 Å². The van der Waals surface area contributed by atoms with Crippen LogP contribution >= 0.6 is 22.6 Å². The molecule has 0 amide bonds. The van der Waals surface area contributed by atoms with E-state index in [1.54, 1.807) is 6.92 Å². The molecule has 2 aromatic rings. The molecule has 1 heterocycles. The Bertz CT molecular complexity index is 542. The zero-order chi connectivity index (χ0) is 11.7. The first-order valence-corrected chi connectivity index (χ1v) is 6.38. The molecule has 0 aliphatic heterocycles. The van der Waals surface area contributed by atoms with Gasteiger partial charge in [0.05, 0.1) is 0 Å². The van der Waals surface area contributed by atoms with Crippen LogP contribution in [0.1, 0.15) is 18.9 Å². The third-order valence-corrected chi connectivity index (χ3v) is 3.45. The first-order valence-electron chi connectivity index (χ1n) is 5.31. The van der Waals surface area contributed by atoms with Crippen LogP contribution in [-0.4, -0.2) is 10.4 Å². The van der Waals surface area contributed by atoms with E-state index in [4.69, 9.17) is 0 Å². The minimum absolute atomic E-state index is 0.252. The molecule has 2 nitrogen and oxygen atoms in total. The van der Waals surface area contributed by atoms with Crippen LogP contribution < -0.4 is 0 Å². The van der Waals surface area contributed by atoms with Gasteiger partial charge in [0.1, 0.15) is 5.78 Å². The number of nitrogens with zero attached hydrogens (tertiary/aromatic N) is 1. The summed E-state index contributed by atoms with van der Waals surface area (Å²) in [6, 6.07) is 6.43. The smallest absolute Gasteiger partial charge is 0.130 e. The normalized spacial score (nSPS) is 10.9. The standard InChI is InChI=1S/C13H14INO/c1-9(16)3-4-10-8-15(2)13-6-5-11(14)7-12(10)13/h5-8H,3-4H2,1-2H3. The Hall–Kier alpha value is -0.840. The van der Waals surface area contributed by atoms with Gasteiger partial charge in [-0.2, -0.15) is 0 Å². The Morgan fingerprint density at radius 1 is 1.44 bits per heavy atom. The van der Waals surface area contributed by atoms with Crippen LogP contribution in [0.4, 0.5) is 0 Å². The van der Waals surface area contributed by atoms with Gasteiger partial charge in [-0.15, -0.1) is 0 Å². The van der Waals surface area contributed by atoms with Crippen LogP contribution in [0, 0.1) is 3.57 Å². The summed E-state index contributed by atoms with van der Waals surface area (Å²) in [6.07, 6.45) is 3.60. The van der Waals surface area contributed by atoms with Gasteiger partial charge < -0.3 is 9.36 Å². The number of rotatable bonds is 3. The highest BCUT2D eigenvalue weighted by Crippen LogP contribution is 2.23. The number of aromatic nitrogens is 1. The van der Waals surface area contributed by atoms with E-state index in [1.807, 2.05) is 7.05 Å². The summed E-state index contributed by atoms with van der Waals surface area (Å²) in [4.78, 5) is 11.0. The Labute approximate surface area is 109 Å². The third-order valence-electron chi connectivity index (χ3n) is 2.78. The highest BCUT2D eigenvalue weighted by atomic mass is 127. The second-order valence-electron chi connectivity index (χ2n) is 4.13. The molecule has 0 spiro atoms. The molecule has 84 valence electrons. The molecule has 0 unspecified atom stereocenters. The fourth-order valence-electron chi connectivity index (χ4n) is 1.96. The highest BCUT2D eigenvalue weighted by molar-refractivity contribution is 14.1. The number of benzene rings is 1. The monoisotopic (exact) mass is 327 g/mol. The molecule has 0 aliphatic carbocycles. The molecule has 0 fully saturated rings. The molecule has 2 rings (SSSR count). The lowest BCUT2D eigenvalue weighted by atomic mass is 10.1. The largest absolute Gasteiger partial charge is 0.350 e. The topological polar surface area (TPSA) is 22.0 Å². The summed E-state index contributed by atoms with van der Waals surface area (Å²) in [5, 5.41) is 1.27. The van der Waals surface area contributed by atoms with Crippen molar-refractivity contribution in [2.45, 2.75) is 19.8 Å². The number of aryl methyl sites for hydroxylation is 2. The molecular weight excluding hydrogens is 313 g/mol. The summed E-state index contributed by atoms with van der Waals surface area (Å²) in [5.41, 5.74) is 2.50. The van der Waals surface area contributed by atoms with Crippen molar-refractivity contribution in [1.82, 2.24) is 4.57 Å². The van der Waals surface area contributed by atoms with E-state index in [9.17, 15) is 4.79 Å². The molecule has 3 heteroatoms. The maximum Gasteiger partial charge on any atom is 0.130 e. The van der Waals surface area contributed by atoms with E-state index in [2.05, 4.69) is 51.6 Å². The molecule has 0 N–H and O–H groups in total. The summed E-state index contributed by atoms with van der Waals surface area (Å²) in [7, 11) is 2.05. The molecule has 0 saturated carbocycles. The average Bonchev–Trinajstić information content (AvgIpc) is 2.52. The summed E-state index contributed by atoms with van der Waals surface area (Å²) in [6.45, 7) is 1.65. The number of ketones is 1. The summed E-state index contributed by atoms with van der Waals surface area (Å²) >= 11 is 2.32. The van der Waals surface area contributed by atoms with Crippen LogP contribution in [0.15, 0.2) is 24.4 Å². The van der Waals surface area contributed by atoms with E-state index < -0.39 is 0 Å². The molecule has 0 saturated heterocycles. The number of fused-ring (bicyclic) bond motifs is 1. The second-order valence-corrected chi connectivity index (χ2v) is 5.37. The zero-order valence-electron chi connectivity index (χ0n) is 9.46. The average molecular weight is 327 g/mol. The van der Waals surface area contributed by atoms with Gasteiger partial charge in [-0.1, -0.05) is 0 Å². The maximum atomic E-state index is 11.0. The van der Waals surface area contributed by atoms with E-state index in [-0.39, 0.29) is 5.78 Å². The lowest BCUT2D eigenvalue weighted by Crippen LogP contribution is -1.93. The molecule has 1 aromatic heterocycles. The molecule has 0 aliphatic rings. The molecule has 16 heavy (non-hydrogen) atoms. The fraction of sp³-hybridized carbons (Fsp3) is 0.308. The first kappa shape index (κ1) is 11.6. The SMILES string of the molecule is CC(=O)CCc1cn(C)c2ccc(I)cc12. The van der Waals surface area contributed by atoms with E-state index >= 15 is 0 Å². The lowest BCUT2D eigenvalue weighted by Gasteiger charge is -1.98. The van der Waals surface area contributed by atoms with E-state index in [0.29, 0.717) is 6.42 Å². The molecule has 1 aromatic carbocycles. The van der Waals surface area contributed by atoms with Gasteiger partial charge in [-0.05, 0) is 59.7 Å². The molecular formula is C13H14INO. The second kappa shape index (κ2) is 4.57. The lowest BCUT2D eigenvalue weighted by molar-refractivity contribution is -0.116. The number of halogens is 1. The van der Waals surface area contributed by atoms with Gasteiger partial charge in [0.15, 0.2) is 0 Å². The maximum absolute atomic E-state index is 11.0. The van der Waals surface area contributed by atoms with Crippen molar-refractivity contribution < 1.29 is 4.79 Å². The summed E-state index contributed by atoms with van der Waals surface area (Å²) < 4.78 is 3.36. The fourth-order valence-corrected chi connectivity index (χ4v) is 2.45. The van der Waals surface area contributed by atoms with Gasteiger partial charge in [-0.25, -0.2) is 0 Å². The zero-order valence-corrected chi connectivity index (χ0v) is 11.6. The minimum Gasteiger partial charge on any atom is -0.350 e. The predicted octanol–water partition coefficient (Wildman–Crippen LogP) is 3.30. The molecule has 0 radical (unpaired) electrons. The van der Waals surface area contributed by atoms with E-state index in [1.165, 1.54) is 20.0 Å². The number of Topliss-reactive ketones (excluding diaryl/α,β-unsaturated/α-hetero) is 1. The summed E-state index contributed by atoms with van der Waals surface area (Å²) in [5.74, 6) is 0.252. The van der Waals surface area contributed by atoms with Crippen LogP contribution in [-0.2, 0) is 18.3 Å². The van der Waals surface area contributed by atoms with Crippen LogP contribution in [0.25, 0.3) is 10.9 Å². The quantitative estimate of drug-likeness (QED) is 0.793. The van der Waals surface area contributed by atoms with Crippen molar-refractivity contribution in [1.29, 1.82) is 0 Å². The number of hydrogen-bond acceptors (Lipinski definition) is 1. The predicted molar refractivity (Wildman–Crippen MR) is 74.6 cm³/mol. The minimum atomic E-state index is 0.252. The van der Waals surface area contributed by atoms with Crippen molar-refractivity contribution in [2.75, 3.05) is 0 Å². The number of carbonyl (C=O) groups excluding carboxylic acids is 1. The van der Waals surface area contributed by atoms with Gasteiger partial charge >= 0.3 is 0 Å². The molecule has 0 bridgehead atoms. The van der Waals surface area contributed by atoms with Gasteiger partial charge in [0.25, 0.3) is 0 Å². The van der Waals surface area contributed by atoms with Crippen molar-refractivity contribution >= 4 is 39.3 Å². The Kier molecular flexibility index (Phi) is 3.33. The highest BCUT2D eigenvalue weighted by Gasteiger charge is 2.07. The first-order chi connectivity index (χ1) is 7.58. The van der Waals surface area contributed by atoms with Crippen LogP contribution in [0.3, 0.4) is 0 Å². The van der Waals surface area contributed by atoms with Crippen molar-refractivity contribution in [2.24, 2.45) is 7.05 Å². The number of hydrogen-bond donors (Lipinski definition) is 0. The van der Waals surface area contributed by atoms with Crippen molar-refractivity contribution in [3.05, 3.63) is 33.5 Å². The third kappa shape index (κ3) is 2.29. The van der Waals surface area contributed by atoms with Crippen LogP contribution in [0.5, 0.6) is 0 Å². The van der Waals surface area contributed by atoms with Gasteiger partial charge in [0.2, 0.25) is 0 Å². The molecule has 0 atom stereocenters. The van der Waals surface area contributed by atoms with Gasteiger partial charge in [0, 0.05) is 34.1 Å². The van der Waals surface area contributed by atoms with Crippen LogP contribution in [0.2, 0.25) is 0 Å².